The predicted molar refractivity (Wildman–Crippen MR) is 510 cm³/mol. The molecule has 0 aliphatic carbocycles. The van der Waals surface area contributed by atoms with Crippen molar-refractivity contribution in [2.75, 3.05) is 0 Å². The molecule has 0 unspecified atom stereocenters. The summed E-state index contributed by atoms with van der Waals surface area (Å²) >= 11 is 0.650. The zero-order valence-corrected chi connectivity index (χ0v) is 78.2. The van der Waals surface area contributed by atoms with Gasteiger partial charge in [0.2, 0.25) is 11.6 Å². The van der Waals surface area contributed by atoms with Crippen LogP contribution in [0.1, 0.15) is 70.9 Å². The van der Waals surface area contributed by atoms with Crippen LogP contribution in [-0.4, -0.2) is 58.2 Å². The SMILES string of the molecule is CCC[CH2][Sn]([CH2]CCC)([CH2]CCC)[c]1cnccn1.FC(F)(F)c1ncc(-c2cnccn2)cn1.FC(F)(F)c1ncc(Br)cn1.[Pd].c1ccc(P(c2ccccc2)c2ccccc2)cc1.c1ccc(P(c2ccccc2)c2ccccc2)cc1.c1ccc(P(c2ccccc2)c2ccccc2)cc1.c1ccc(P(c2ccccc2)c2ccccc2)cc1. The van der Waals surface area contributed by atoms with Crippen LogP contribution in [0, 0.1) is 0 Å². The second-order valence-electron chi connectivity index (χ2n) is 27.7. The Bertz CT molecular complexity index is 4580. The number of rotatable bonds is 23. The molecule has 0 N–H and O–H groups in total. The minimum atomic E-state index is -4.53. The van der Waals surface area contributed by atoms with Crippen LogP contribution in [0.3, 0.4) is 0 Å². The van der Waals surface area contributed by atoms with Crippen LogP contribution in [0.2, 0.25) is 13.3 Å². The number of hydrogen-bond donors (Lipinski definition) is 0. The smallest absolute Gasteiger partial charge is 0.261 e. The van der Waals surface area contributed by atoms with Gasteiger partial charge in [0.25, 0.3) is 0 Å². The van der Waals surface area contributed by atoms with Crippen LogP contribution >= 0.6 is 47.6 Å². The van der Waals surface area contributed by atoms with Gasteiger partial charge < -0.3 is 0 Å². The molecule has 12 aromatic carbocycles. The minimum absolute atomic E-state index is 0. The Kier molecular flexibility index (Phi) is 42.1. The van der Waals surface area contributed by atoms with E-state index in [1.54, 1.807) is 0 Å². The van der Waals surface area contributed by atoms with Crippen LogP contribution in [0.15, 0.2) is 430 Å². The largest absolute Gasteiger partial charge is 0.451 e. The van der Waals surface area contributed by atoms with Gasteiger partial charge in [-0.2, -0.15) is 26.3 Å². The van der Waals surface area contributed by atoms with E-state index in [0.29, 0.717) is 15.7 Å². The van der Waals surface area contributed by atoms with Gasteiger partial charge >= 0.3 is 136 Å². The van der Waals surface area contributed by atoms with Gasteiger partial charge in [0.15, 0.2) is 0 Å². The molecule has 0 fully saturated rings. The van der Waals surface area contributed by atoms with E-state index >= 15 is 0 Å². The molecule has 0 saturated heterocycles. The van der Waals surface area contributed by atoms with E-state index in [9.17, 15) is 26.3 Å². The van der Waals surface area contributed by atoms with E-state index in [-0.39, 0.29) is 20.4 Å². The van der Waals surface area contributed by atoms with Crippen LogP contribution in [-0.2, 0) is 32.8 Å². The Balaban J connectivity index is 0.000000163. The fourth-order valence-electron chi connectivity index (χ4n) is 13.1. The summed E-state index contributed by atoms with van der Waals surface area (Å²) < 4.78 is 78.1. The molecular formula is C102H97BrF6N8P4PdSn. The van der Waals surface area contributed by atoms with Crippen LogP contribution < -0.4 is 67.4 Å². The van der Waals surface area contributed by atoms with E-state index < -0.39 is 74.1 Å². The normalized spacial score (nSPS) is 10.9. The topological polar surface area (TPSA) is 103 Å². The number of unbranched alkanes of at least 4 members (excludes halogenated alkanes) is 3. The average Bonchev–Trinajstić information content (AvgIpc) is 0.796. The Morgan fingerprint density at radius 2 is 0.463 bits per heavy atom. The Morgan fingerprint density at radius 1 is 0.260 bits per heavy atom. The molecule has 0 amide bonds. The van der Waals surface area contributed by atoms with Crippen molar-refractivity contribution in [1.82, 2.24) is 39.9 Å². The van der Waals surface area contributed by atoms with Gasteiger partial charge in [0.05, 0.1) is 16.4 Å². The number of halogens is 7. The Hall–Kier alpha value is -9.80. The summed E-state index contributed by atoms with van der Waals surface area (Å²) in [5.41, 5.74) is 0.817. The maximum Gasteiger partial charge on any atom is 0.451 e. The quantitative estimate of drug-likeness (QED) is 0.0354. The molecule has 16 rings (SSSR count). The van der Waals surface area contributed by atoms with Crippen LogP contribution in [0.4, 0.5) is 26.3 Å². The summed E-state index contributed by atoms with van der Waals surface area (Å²) in [5, 5.41) is 16.8. The monoisotopic (exact) mass is 1980 g/mol. The molecule has 4 aromatic heterocycles. The van der Waals surface area contributed by atoms with Gasteiger partial charge in [-0.3, -0.25) is 9.97 Å². The van der Waals surface area contributed by atoms with Crippen molar-refractivity contribution in [2.24, 2.45) is 0 Å². The Morgan fingerprint density at radius 3 is 0.642 bits per heavy atom. The molecule has 0 radical (unpaired) electrons. The molecule has 8 nitrogen and oxygen atoms in total. The van der Waals surface area contributed by atoms with Crippen molar-refractivity contribution in [3.8, 4) is 11.3 Å². The van der Waals surface area contributed by atoms with Gasteiger partial charge in [-0.1, -0.05) is 364 Å². The molecule has 0 aliphatic heterocycles. The second-order valence-corrected chi connectivity index (χ2v) is 50.5. The van der Waals surface area contributed by atoms with Crippen molar-refractivity contribution in [3.63, 3.8) is 0 Å². The molecular weight excluding hydrogens is 1880 g/mol. The van der Waals surface area contributed by atoms with Crippen LogP contribution in [0.5, 0.6) is 0 Å². The molecule has 0 spiro atoms. The van der Waals surface area contributed by atoms with Gasteiger partial charge in [-0.25, -0.2) is 19.9 Å². The molecule has 21 heteroatoms. The zero-order valence-electron chi connectivity index (χ0n) is 68.6. The maximum atomic E-state index is 12.2. The minimum Gasteiger partial charge on any atom is -0.261 e. The molecule has 16 aromatic rings. The predicted octanol–water partition coefficient (Wildman–Crippen LogP) is 22.5. The zero-order chi connectivity index (χ0) is 85.7. The number of benzene rings is 12. The van der Waals surface area contributed by atoms with Gasteiger partial charge in [-0.05, 0) is 111 Å². The molecule has 0 saturated carbocycles. The van der Waals surface area contributed by atoms with Crippen molar-refractivity contribution in [2.45, 2.75) is 85.0 Å². The summed E-state index contributed by atoms with van der Waals surface area (Å²) in [6, 6.07) is 129. The first-order valence-corrected chi connectivity index (χ1v) is 54.1. The number of alkyl halides is 6. The van der Waals surface area contributed by atoms with E-state index in [4.69, 9.17) is 4.98 Å². The molecule has 628 valence electrons. The number of hydrogen-bond acceptors (Lipinski definition) is 8. The number of nitrogens with zero attached hydrogens (tertiary/aromatic N) is 8. The van der Waals surface area contributed by atoms with E-state index in [2.05, 4.69) is 442 Å². The van der Waals surface area contributed by atoms with Gasteiger partial charge in [-0.15, -0.1) is 0 Å². The van der Waals surface area contributed by atoms with Crippen molar-refractivity contribution >= 4 is 133 Å². The summed E-state index contributed by atoms with van der Waals surface area (Å²) in [5.74, 6) is -2.29. The van der Waals surface area contributed by atoms with Gasteiger partial charge in [0.1, 0.15) is 0 Å². The van der Waals surface area contributed by atoms with Crippen molar-refractivity contribution < 1.29 is 46.8 Å². The van der Waals surface area contributed by atoms with Crippen molar-refractivity contribution in [3.05, 3.63) is 442 Å². The first kappa shape index (κ1) is 97.0. The van der Waals surface area contributed by atoms with E-state index in [0.717, 1.165) is 24.8 Å². The Labute approximate surface area is 751 Å². The molecule has 0 atom stereocenters. The van der Waals surface area contributed by atoms with Crippen LogP contribution in [0.25, 0.3) is 11.3 Å². The third-order valence-electron chi connectivity index (χ3n) is 18.9. The summed E-state index contributed by atoms with van der Waals surface area (Å²) in [4.78, 5) is 29.4. The van der Waals surface area contributed by atoms with E-state index in [1.165, 1.54) is 138 Å². The van der Waals surface area contributed by atoms with Crippen molar-refractivity contribution in [1.29, 1.82) is 0 Å². The summed E-state index contributed by atoms with van der Waals surface area (Å²) in [6.45, 7) is 6.94. The molecule has 4 heterocycles. The van der Waals surface area contributed by atoms with Gasteiger partial charge in [0, 0.05) is 63.2 Å². The maximum absolute atomic E-state index is 12.2. The molecule has 123 heavy (non-hydrogen) atoms. The number of aromatic nitrogens is 8. The third-order valence-corrected chi connectivity index (χ3v) is 44.2. The second kappa shape index (κ2) is 53.4. The fraction of sp³-hybridized carbons (Fsp3) is 0.137. The van der Waals surface area contributed by atoms with E-state index in [1.807, 2.05) is 12.4 Å². The third kappa shape index (κ3) is 31.7. The summed E-state index contributed by atoms with van der Waals surface area (Å²) in [6.07, 6.45) is 13.5. The molecule has 0 aliphatic rings. The first-order valence-electron chi connectivity index (χ1n) is 40.4. The fourth-order valence-corrected chi connectivity index (χ4v) is 37.7. The first-order chi connectivity index (χ1) is 59.7. The average molecular weight is 1980 g/mol. The standard InChI is InChI=1S/4C18H15P.C9H5F3N4.C5H2BrF3N2.C4H3N2.3C4H9.Pd.Sn/c4*1-4-10-16(11-5-1)19(17-12-6-2-7-13-17)18-14-8-3-9-15-18;10-9(11,12)8-15-3-6(4-16-8)7-5-13-1-2-14-7;6-3-1-10-4(11-2-3)5(7,8)9;1-2-6-4-3-5-1;3*1-3-4-2;;/h4*1-15H;1-5H;1-2H;1-3H;3*1,3-4H2,2H3;;. The summed E-state index contributed by atoms with van der Waals surface area (Å²) in [7, 11) is -1.78. The molecule has 0 bridgehead atoms.